The van der Waals surface area contributed by atoms with Crippen LogP contribution in [0.3, 0.4) is 0 Å². The molecule has 3 rings (SSSR count). The number of likely N-dealkylation sites (N-methyl/N-ethyl adjacent to an activating group) is 1. The maximum Gasteiger partial charge on any atom is 0.122 e. The maximum absolute atomic E-state index is 6.14. The molecule has 4 unspecified atom stereocenters. The van der Waals surface area contributed by atoms with Crippen LogP contribution in [0, 0.1) is 5.92 Å². The Bertz CT molecular complexity index is 472. The van der Waals surface area contributed by atoms with E-state index in [1.54, 1.807) is 0 Å². The van der Waals surface area contributed by atoms with E-state index in [0.717, 1.165) is 43.6 Å². The van der Waals surface area contributed by atoms with Crippen molar-refractivity contribution in [3.8, 4) is 0 Å². The molecule has 2 N–H and O–H groups in total. The third kappa shape index (κ3) is 3.03. The molecule has 1 aliphatic heterocycles. The molecule has 21 heavy (non-hydrogen) atoms. The van der Waals surface area contributed by atoms with Crippen LogP contribution < -0.4 is 5.73 Å². The second-order valence-electron chi connectivity index (χ2n) is 6.78. The Hall–Kier alpha value is -0.840. The second kappa shape index (κ2) is 6.11. The van der Waals surface area contributed by atoms with Gasteiger partial charge in [-0.3, -0.25) is 9.80 Å². The summed E-state index contributed by atoms with van der Waals surface area (Å²) in [6.45, 7) is 11.9. The van der Waals surface area contributed by atoms with E-state index >= 15 is 0 Å². The monoisotopic (exact) mass is 291 g/mol. The highest BCUT2D eigenvalue weighted by atomic mass is 16.3. The molecule has 1 saturated heterocycles. The largest absolute Gasteiger partial charge is 0.464 e. The van der Waals surface area contributed by atoms with Gasteiger partial charge in [-0.15, -0.1) is 0 Å². The molecule has 0 amide bonds. The molecular weight excluding hydrogens is 262 g/mol. The van der Waals surface area contributed by atoms with E-state index in [-0.39, 0.29) is 6.04 Å². The van der Waals surface area contributed by atoms with E-state index in [2.05, 4.69) is 42.7 Å². The van der Waals surface area contributed by atoms with Gasteiger partial charge < -0.3 is 10.2 Å². The Labute approximate surface area is 128 Å². The Balaban J connectivity index is 1.68. The zero-order valence-electron chi connectivity index (χ0n) is 13.6. The van der Waals surface area contributed by atoms with Gasteiger partial charge in [0.2, 0.25) is 0 Å². The molecule has 4 nitrogen and oxygen atoms in total. The summed E-state index contributed by atoms with van der Waals surface area (Å²) in [6, 6.07) is 5.14. The summed E-state index contributed by atoms with van der Waals surface area (Å²) in [5, 5.41) is 0. The van der Waals surface area contributed by atoms with Gasteiger partial charge in [0.25, 0.3) is 0 Å². The van der Waals surface area contributed by atoms with Crippen LogP contribution >= 0.6 is 0 Å². The molecule has 4 heteroatoms. The van der Waals surface area contributed by atoms with Crippen molar-refractivity contribution in [3.05, 3.63) is 23.7 Å². The van der Waals surface area contributed by atoms with Crippen LogP contribution in [0.1, 0.15) is 50.7 Å². The van der Waals surface area contributed by atoms with Crippen molar-refractivity contribution < 1.29 is 4.42 Å². The predicted octanol–water partition coefficient (Wildman–Crippen LogP) is 2.43. The van der Waals surface area contributed by atoms with Crippen LogP contribution in [-0.2, 0) is 0 Å². The van der Waals surface area contributed by atoms with E-state index in [4.69, 9.17) is 10.2 Å². The number of nitrogens with zero attached hydrogens (tertiary/aromatic N) is 2. The first kappa shape index (κ1) is 15.1. The molecule has 1 aromatic heterocycles. The summed E-state index contributed by atoms with van der Waals surface area (Å²) in [7, 11) is 0. The number of rotatable bonds is 5. The van der Waals surface area contributed by atoms with Gasteiger partial charge in [-0.2, -0.15) is 0 Å². The number of nitrogens with two attached hydrogens (primary N) is 1. The molecule has 4 atom stereocenters. The Morgan fingerprint density at radius 2 is 2.10 bits per heavy atom. The van der Waals surface area contributed by atoms with Gasteiger partial charge in [-0.05, 0) is 37.9 Å². The average molecular weight is 291 g/mol. The SMILES string of the molecule is CCN1CCN(C(CN)c2ccc(C3CC3C)o2)CC1C. The second-order valence-corrected chi connectivity index (χ2v) is 6.78. The maximum atomic E-state index is 6.14. The van der Waals surface area contributed by atoms with Crippen molar-refractivity contribution >= 4 is 0 Å². The van der Waals surface area contributed by atoms with Gasteiger partial charge in [-0.25, -0.2) is 0 Å². The van der Waals surface area contributed by atoms with Crippen LogP contribution in [0.5, 0.6) is 0 Å². The molecule has 0 bridgehead atoms. The van der Waals surface area contributed by atoms with Crippen molar-refractivity contribution in [1.82, 2.24) is 9.80 Å². The molecular formula is C17H29N3O. The van der Waals surface area contributed by atoms with Crippen LogP contribution in [-0.4, -0.2) is 48.6 Å². The highest BCUT2D eigenvalue weighted by Gasteiger charge is 2.37. The Morgan fingerprint density at radius 1 is 1.33 bits per heavy atom. The van der Waals surface area contributed by atoms with E-state index in [1.807, 2.05) is 0 Å². The van der Waals surface area contributed by atoms with Gasteiger partial charge in [0.1, 0.15) is 11.5 Å². The highest BCUT2D eigenvalue weighted by molar-refractivity contribution is 5.19. The molecule has 1 aromatic rings. The van der Waals surface area contributed by atoms with Gasteiger partial charge in [0.05, 0.1) is 6.04 Å². The summed E-state index contributed by atoms with van der Waals surface area (Å²) in [4.78, 5) is 5.03. The number of furan rings is 1. The first-order chi connectivity index (χ1) is 10.1. The third-order valence-electron chi connectivity index (χ3n) is 5.32. The van der Waals surface area contributed by atoms with Gasteiger partial charge in [0.15, 0.2) is 0 Å². The van der Waals surface area contributed by atoms with Crippen LogP contribution in [0.15, 0.2) is 16.5 Å². The topological polar surface area (TPSA) is 45.6 Å². The summed E-state index contributed by atoms with van der Waals surface area (Å²) < 4.78 is 6.14. The van der Waals surface area contributed by atoms with Crippen molar-refractivity contribution in [3.63, 3.8) is 0 Å². The number of hydrogen-bond donors (Lipinski definition) is 1. The molecule has 0 aromatic carbocycles. The van der Waals surface area contributed by atoms with Crippen LogP contribution in [0.25, 0.3) is 0 Å². The summed E-state index contributed by atoms with van der Waals surface area (Å²) in [5.41, 5.74) is 6.06. The van der Waals surface area contributed by atoms with Crippen molar-refractivity contribution in [2.24, 2.45) is 11.7 Å². The molecule has 1 saturated carbocycles. The minimum absolute atomic E-state index is 0.231. The molecule has 0 spiro atoms. The molecule has 118 valence electrons. The molecule has 0 radical (unpaired) electrons. The lowest BCUT2D eigenvalue weighted by Gasteiger charge is -2.42. The molecule has 2 fully saturated rings. The minimum Gasteiger partial charge on any atom is -0.464 e. The fraction of sp³-hybridized carbons (Fsp3) is 0.765. The van der Waals surface area contributed by atoms with E-state index in [9.17, 15) is 0 Å². The predicted molar refractivity (Wildman–Crippen MR) is 85.3 cm³/mol. The summed E-state index contributed by atoms with van der Waals surface area (Å²) in [5.74, 6) is 3.65. The highest BCUT2D eigenvalue weighted by Crippen LogP contribution is 2.47. The van der Waals surface area contributed by atoms with E-state index < -0.39 is 0 Å². The standard InChI is InChI=1S/C17H29N3O/c1-4-19-7-8-20(11-13(19)3)15(10-18)17-6-5-16(21-17)14-9-12(14)2/h5-6,12-15H,4,7-11,18H2,1-3H3. The zero-order valence-corrected chi connectivity index (χ0v) is 13.6. The van der Waals surface area contributed by atoms with Crippen LogP contribution in [0.2, 0.25) is 0 Å². The Morgan fingerprint density at radius 3 is 2.67 bits per heavy atom. The van der Waals surface area contributed by atoms with Crippen molar-refractivity contribution in [2.45, 2.75) is 45.2 Å². The summed E-state index contributed by atoms with van der Waals surface area (Å²) >= 11 is 0. The molecule has 2 heterocycles. The fourth-order valence-corrected chi connectivity index (χ4v) is 3.69. The smallest absolute Gasteiger partial charge is 0.122 e. The quantitative estimate of drug-likeness (QED) is 0.905. The Kier molecular flexibility index (Phi) is 4.38. The average Bonchev–Trinajstić information content (AvgIpc) is 3.01. The normalized spacial score (nSPS) is 32.3. The lowest BCUT2D eigenvalue weighted by molar-refractivity contribution is 0.0537. The molecule has 1 aliphatic carbocycles. The van der Waals surface area contributed by atoms with E-state index in [1.165, 1.54) is 6.42 Å². The van der Waals surface area contributed by atoms with Gasteiger partial charge in [-0.1, -0.05) is 13.8 Å². The first-order valence-corrected chi connectivity index (χ1v) is 8.41. The number of piperazine rings is 1. The van der Waals surface area contributed by atoms with Crippen LogP contribution in [0.4, 0.5) is 0 Å². The summed E-state index contributed by atoms with van der Waals surface area (Å²) in [6.07, 6.45) is 1.27. The van der Waals surface area contributed by atoms with Crippen molar-refractivity contribution in [1.29, 1.82) is 0 Å². The number of hydrogen-bond acceptors (Lipinski definition) is 4. The minimum atomic E-state index is 0.231. The third-order valence-corrected chi connectivity index (χ3v) is 5.32. The van der Waals surface area contributed by atoms with E-state index in [0.29, 0.717) is 18.5 Å². The first-order valence-electron chi connectivity index (χ1n) is 8.41. The lowest BCUT2D eigenvalue weighted by Crippen LogP contribution is -2.53. The zero-order chi connectivity index (χ0) is 15.0. The molecule has 2 aliphatic rings. The lowest BCUT2D eigenvalue weighted by atomic mass is 10.1. The van der Waals surface area contributed by atoms with Gasteiger partial charge >= 0.3 is 0 Å². The fourth-order valence-electron chi connectivity index (χ4n) is 3.69. The van der Waals surface area contributed by atoms with Crippen molar-refractivity contribution in [2.75, 3.05) is 32.7 Å². The van der Waals surface area contributed by atoms with Gasteiger partial charge in [0, 0.05) is 38.1 Å².